The van der Waals surface area contributed by atoms with Crippen LogP contribution in [0.15, 0.2) is 18.2 Å². The van der Waals surface area contributed by atoms with Gasteiger partial charge in [0.2, 0.25) is 0 Å². The third-order valence-electron chi connectivity index (χ3n) is 7.31. The van der Waals surface area contributed by atoms with Gasteiger partial charge in [0.05, 0.1) is 12.2 Å². The van der Waals surface area contributed by atoms with E-state index in [2.05, 4.69) is 12.2 Å². The van der Waals surface area contributed by atoms with E-state index >= 15 is 0 Å². The highest BCUT2D eigenvalue weighted by molar-refractivity contribution is 5.94. The minimum absolute atomic E-state index is 0.0527. The summed E-state index contributed by atoms with van der Waals surface area (Å²) >= 11 is 0. The number of Topliss-reactive ketones (excluding diaryl/α,β-unsaturated/α-hetero) is 1. The Morgan fingerprint density at radius 1 is 1.20 bits per heavy atom. The molecule has 1 aliphatic heterocycles. The van der Waals surface area contributed by atoms with Crippen molar-refractivity contribution in [2.45, 2.75) is 70.8 Å². The lowest BCUT2D eigenvalue weighted by atomic mass is 9.56. The smallest absolute Gasteiger partial charge is 0.317 e. The molecule has 30 heavy (non-hydrogen) atoms. The average molecular weight is 417 g/mol. The van der Waals surface area contributed by atoms with Crippen molar-refractivity contribution < 1.29 is 18.7 Å². The molecule has 3 fully saturated rings. The van der Waals surface area contributed by atoms with Crippen molar-refractivity contribution in [1.82, 2.24) is 10.2 Å². The first-order chi connectivity index (χ1) is 14.3. The van der Waals surface area contributed by atoms with Gasteiger partial charge in [-0.05, 0) is 88.7 Å². The third-order valence-corrected chi connectivity index (χ3v) is 7.31. The fourth-order valence-corrected chi connectivity index (χ4v) is 5.04. The molecule has 1 saturated heterocycles. The summed E-state index contributed by atoms with van der Waals surface area (Å²) in [6.45, 7) is 5.79. The fraction of sp³-hybridized carbons (Fsp3) is 0.667. The lowest BCUT2D eigenvalue weighted by Gasteiger charge is -2.52. The molecule has 0 atom stereocenters. The summed E-state index contributed by atoms with van der Waals surface area (Å²) in [7, 11) is 0. The summed E-state index contributed by atoms with van der Waals surface area (Å²) in [6.07, 6.45) is 9.01. The Kier molecular flexibility index (Phi) is 5.78. The highest BCUT2D eigenvalue weighted by Crippen LogP contribution is 2.54. The van der Waals surface area contributed by atoms with Crippen LogP contribution in [0.2, 0.25) is 0 Å². The van der Waals surface area contributed by atoms with E-state index in [4.69, 9.17) is 4.74 Å². The third kappa shape index (κ3) is 4.79. The Balaban J connectivity index is 1.12. The quantitative estimate of drug-likeness (QED) is 0.506. The van der Waals surface area contributed by atoms with Crippen LogP contribution < -0.4 is 10.1 Å². The number of benzene rings is 1. The number of likely N-dealkylation sites (tertiary alicyclic amines) is 1. The maximum Gasteiger partial charge on any atom is 0.317 e. The Morgan fingerprint density at radius 2 is 1.90 bits per heavy atom. The van der Waals surface area contributed by atoms with Crippen molar-refractivity contribution in [3.63, 3.8) is 0 Å². The molecule has 1 spiro atoms. The number of hydrogen-bond acceptors (Lipinski definition) is 3. The lowest BCUT2D eigenvalue weighted by molar-refractivity contribution is -0.00871. The van der Waals surface area contributed by atoms with Gasteiger partial charge < -0.3 is 15.0 Å². The van der Waals surface area contributed by atoms with Gasteiger partial charge >= 0.3 is 6.03 Å². The number of carbonyl (C=O) groups excluding carboxylic acids is 2. The van der Waals surface area contributed by atoms with Crippen LogP contribution in [0.4, 0.5) is 9.18 Å². The number of nitrogens with zero attached hydrogens (tertiary/aromatic N) is 1. The predicted molar refractivity (Wildman–Crippen MR) is 113 cm³/mol. The van der Waals surface area contributed by atoms with Crippen LogP contribution in [0, 0.1) is 17.2 Å². The van der Waals surface area contributed by atoms with Gasteiger partial charge in [-0.15, -0.1) is 0 Å². The molecule has 1 aromatic rings. The van der Waals surface area contributed by atoms with Crippen LogP contribution in [0.25, 0.3) is 0 Å². The van der Waals surface area contributed by atoms with Crippen molar-refractivity contribution in [1.29, 1.82) is 0 Å². The highest BCUT2D eigenvalue weighted by Gasteiger charge is 2.46. The zero-order chi connectivity index (χ0) is 21.4. The van der Waals surface area contributed by atoms with Crippen molar-refractivity contribution >= 4 is 11.8 Å². The zero-order valence-electron chi connectivity index (χ0n) is 18.1. The van der Waals surface area contributed by atoms with Crippen LogP contribution in [-0.4, -0.2) is 41.9 Å². The van der Waals surface area contributed by atoms with Crippen LogP contribution in [-0.2, 0) is 0 Å². The number of hydrogen-bond donors (Lipinski definition) is 1. The largest absolute Gasteiger partial charge is 0.493 e. The van der Waals surface area contributed by atoms with E-state index in [0.717, 1.165) is 57.5 Å². The van der Waals surface area contributed by atoms with E-state index in [1.807, 2.05) is 4.90 Å². The molecule has 2 aliphatic carbocycles. The molecule has 0 aromatic heterocycles. The maximum atomic E-state index is 13.8. The molecule has 1 aromatic carbocycles. The molecule has 0 radical (unpaired) electrons. The summed E-state index contributed by atoms with van der Waals surface area (Å²) in [5.41, 5.74) is 0.599. The number of carbonyl (C=O) groups is 2. The number of piperidine rings is 1. The number of halogens is 1. The van der Waals surface area contributed by atoms with Crippen molar-refractivity contribution in [3.8, 4) is 5.75 Å². The average Bonchev–Trinajstić information content (AvgIpc) is 3.40. The number of nitrogens with one attached hydrogen (secondary N) is 1. The second kappa shape index (κ2) is 8.20. The van der Waals surface area contributed by atoms with E-state index in [0.29, 0.717) is 17.8 Å². The van der Waals surface area contributed by atoms with E-state index in [-0.39, 0.29) is 22.9 Å². The summed E-state index contributed by atoms with van der Waals surface area (Å²) in [5, 5.41) is 3.16. The van der Waals surface area contributed by atoms with Crippen LogP contribution in [0.1, 0.15) is 75.6 Å². The number of rotatable bonds is 7. The fourth-order valence-electron chi connectivity index (χ4n) is 5.04. The molecule has 164 valence electrons. The molecule has 5 nitrogen and oxygen atoms in total. The number of urea groups is 1. The Bertz CT molecular complexity index is 805. The molecule has 2 saturated carbocycles. The molecular formula is C24H33FN2O3. The molecule has 1 heterocycles. The minimum Gasteiger partial charge on any atom is -0.493 e. The second-order valence-corrected chi connectivity index (χ2v) is 9.94. The Labute approximate surface area is 178 Å². The Hall–Kier alpha value is -2.11. The first-order valence-electron chi connectivity index (χ1n) is 11.3. The molecule has 0 bridgehead atoms. The number of ketones is 1. The summed E-state index contributed by atoms with van der Waals surface area (Å²) in [4.78, 5) is 25.6. The highest BCUT2D eigenvalue weighted by atomic mass is 19.1. The molecule has 1 N–H and O–H groups in total. The SMILES string of the molecule is CC(=O)c1ccc(OCCCC2CC3(CCN(C(=O)NC4(C)CC4)CC3)C2)cc1F. The van der Waals surface area contributed by atoms with Gasteiger partial charge in [0, 0.05) is 24.7 Å². The van der Waals surface area contributed by atoms with Crippen LogP contribution >= 0.6 is 0 Å². The van der Waals surface area contributed by atoms with Gasteiger partial charge in [-0.25, -0.2) is 9.18 Å². The standard InChI is InChI=1S/C24H33FN2O3/c1-17(28)20-6-5-19(14-21(20)25)30-13-3-4-18-15-24(16-18)9-11-27(12-10-24)22(29)26-23(2)7-8-23/h5-6,14,18H,3-4,7-13,15-16H2,1-2H3,(H,26,29). The van der Waals surface area contributed by atoms with E-state index in [9.17, 15) is 14.0 Å². The van der Waals surface area contributed by atoms with Crippen LogP contribution in [0.5, 0.6) is 5.75 Å². The Morgan fingerprint density at radius 3 is 2.50 bits per heavy atom. The monoisotopic (exact) mass is 416 g/mol. The van der Waals surface area contributed by atoms with Crippen molar-refractivity contribution in [2.24, 2.45) is 11.3 Å². The molecule has 6 heteroatoms. The maximum absolute atomic E-state index is 13.8. The molecular weight excluding hydrogens is 383 g/mol. The second-order valence-electron chi connectivity index (χ2n) is 9.94. The zero-order valence-corrected chi connectivity index (χ0v) is 18.1. The summed E-state index contributed by atoms with van der Waals surface area (Å²) < 4.78 is 19.5. The van der Waals surface area contributed by atoms with Crippen molar-refractivity contribution in [2.75, 3.05) is 19.7 Å². The molecule has 2 amide bonds. The van der Waals surface area contributed by atoms with E-state index in [1.54, 1.807) is 6.07 Å². The molecule has 0 unspecified atom stereocenters. The van der Waals surface area contributed by atoms with E-state index < -0.39 is 5.82 Å². The number of amides is 2. The van der Waals surface area contributed by atoms with Gasteiger partial charge in [-0.2, -0.15) is 0 Å². The minimum atomic E-state index is -0.521. The number of ether oxygens (including phenoxy) is 1. The van der Waals surface area contributed by atoms with Gasteiger partial charge in [-0.3, -0.25) is 4.79 Å². The normalized spacial score (nSPS) is 21.8. The van der Waals surface area contributed by atoms with Gasteiger partial charge in [0.25, 0.3) is 0 Å². The first-order valence-corrected chi connectivity index (χ1v) is 11.3. The topological polar surface area (TPSA) is 58.6 Å². The predicted octanol–water partition coefficient (Wildman–Crippen LogP) is 4.94. The summed E-state index contributed by atoms with van der Waals surface area (Å²) in [5.74, 6) is 0.415. The molecule has 4 rings (SSSR count). The van der Waals surface area contributed by atoms with Crippen LogP contribution in [0.3, 0.4) is 0 Å². The first kappa shape index (κ1) is 21.1. The van der Waals surface area contributed by atoms with Gasteiger partial charge in [0.1, 0.15) is 11.6 Å². The lowest BCUT2D eigenvalue weighted by Crippen LogP contribution is -2.52. The molecule has 3 aliphatic rings. The van der Waals surface area contributed by atoms with Gasteiger partial charge in [-0.1, -0.05) is 0 Å². The van der Waals surface area contributed by atoms with Gasteiger partial charge in [0.15, 0.2) is 5.78 Å². The van der Waals surface area contributed by atoms with Crippen molar-refractivity contribution in [3.05, 3.63) is 29.6 Å². The summed E-state index contributed by atoms with van der Waals surface area (Å²) in [6, 6.07) is 4.56. The van der Waals surface area contributed by atoms with E-state index in [1.165, 1.54) is 31.9 Å².